The second kappa shape index (κ2) is 65.1. The lowest BCUT2D eigenvalue weighted by molar-refractivity contribution is -0.167. The van der Waals surface area contributed by atoms with E-state index in [2.05, 4.69) is 106 Å². The third-order valence-electron chi connectivity index (χ3n) is 14.4. The summed E-state index contributed by atoms with van der Waals surface area (Å²) in [5.74, 6) is -0.880. The average Bonchev–Trinajstić information content (AvgIpc) is 3.43. The Bertz CT molecular complexity index is 1470. The maximum Gasteiger partial charge on any atom is 0.306 e. The summed E-state index contributed by atoms with van der Waals surface area (Å²) in [5.41, 5.74) is 0. The highest BCUT2D eigenvalue weighted by Gasteiger charge is 2.19. The third-order valence-corrected chi connectivity index (χ3v) is 14.4. The Balaban J connectivity index is 4.34. The molecule has 0 N–H and O–H groups in total. The lowest BCUT2D eigenvalue weighted by Gasteiger charge is -2.18. The molecule has 0 aromatic heterocycles. The number of esters is 3. The van der Waals surface area contributed by atoms with Crippen LogP contribution in [0.4, 0.5) is 0 Å². The quantitative estimate of drug-likeness (QED) is 0.0261. The lowest BCUT2D eigenvalue weighted by Crippen LogP contribution is -2.30. The molecule has 0 spiro atoms. The van der Waals surface area contributed by atoms with Gasteiger partial charge < -0.3 is 14.2 Å². The van der Waals surface area contributed by atoms with Gasteiger partial charge in [0.15, 0.2) is 6.10 Å². The molecular weight excluding hydrogens is 949 g/mol. The summed E-state index contributed by atoms with van der Waals surface area (Å²) in [7, 11) is 0. The standard InChI is InChI=1S/C71H124O6/c1-4-7-10-13-16-19-22-25-27-29-31-32-33-34-35-36-37-38-40-41-43-46-49-52-55-58-61-64-70(73)76-67-68(66-75-69(72)63-60-57-54-51-48-45-24-21-18-15-12-9-6-3)77-71(74)65-62-59-56-53-50-47-44-42-39-30-28-26-23-20-17-14-11-8-5-2/h7,10,16,19,25,27,31-32,34-35,37-38,41,43,68H,4-6,8-9,11-15,17-18,20-24,26,28-30,33,36,39-40,42,44-67H2,1-3H3/b10-7-,19-16-,27-25-,32-31-,35-34-,38-37-,43-41-. The maximum absolute atomic E-state index is 12.9. The molecule has 0 fully saturated rings. The number of unbranched alkanes of at least 4 members (excludes halogenated alkanes) is 35. The SMILES string of the molecule is CC/C=C\C/C=C\C/C=C\C/C=C\C/C=C\C/C=C\C/C=C\CCCCCCCC(=O)OCC(COC(=O)CCCCCCCCCCCCCCC)OC(=O)CCCCCCCCCCCCCCCCCCCCC. The summed E-state index contributed by atoms with van der Waals surface area (Å²) in [6, 6.07) is 0. The summed E-state index contributed by atoms with van der Waals surface area (Å²) in [6.07, 6.45) is 85.9. The Morgan fingerprint density at radius 1 is 0.273 bits per heavy atom. The van der Waals surface area contributed by atoms with Gasteiger partial charge in [-0.1, -0.05) is 318 Å². The predicted octanol–water partition coefficient (Wildman–Crippen LogP) is 22.7. The van der Waals surface area contributed by atoms with Crippen LogP contribution in [0.5, 0.6) is 0 Å². The van der Waals surface area contributed by atoms with Crippen molar-refractivity contribution in [3.05, 3.63) is 85.1 Å². The first-order chi connectivity index (χ1) is 38.0. The van der Waals surface area contributed by atoms with Crippen LogP contribution in [-0.2, 0) is 28.6 Å². The van der Waals surface area contributed by atoms with Gasteiger partial charge in [-0.15, -0.1) is 0 Å². The van der Waals surface area contributed by atoms with E-state index in [0.29, 0.717) is 19.3 Å². The van der Waals surface area contributed by atoms with Gasteiger partial charge in [0.2, 0.25) is 0 Å². The zero-order valence-electron chi connectivity index (χ0n) is 51.0. The number of allylic oxidation sites excluding steroid dienone is 14. The molecule has 0 bridgehead atoms. The molecule has 6 nitrogen and oxygen atoms in total. The molecule has 0 saturated heterocycles. The molecule has 0 rings (SSSR count). The van der Waals surface area contributed by atoms with Crippen molar-refractivity contribution in [1.29, 1.82) is 0 Å². The van der Waals surface area contributed by atoms with E-state index in [1.807, 2.05) is 0 Å². The summed E-state index contributed by atoms with van der Waals surface area (Å²) >= 11 is 0. The molecule has 0 amide bonds. The van der Waals surface area contributed by atoms with Crippen LogP contribution in [0.25, 0.3) is 0 Å². The summed E-state index contributed by atoms with van der Waals surface area (Å²) < 4.78 is 16.9. The smallest absolute Gasteiger partial charge is 0.306 e. The normalized spacial score (nSPS) is 12.6. The molecule has 0 heterocycles. The zero-order chi connectivity index (χ0) is 55.7. The van der Waals surface area contributed by atoms with E-state index in [1.54, 1.807) is 0 Å². The van der Waals surface area contributed by atoms with E-state index in [1.165, 1.54) is 167 Å². The molecule has 0 aliphatic rings. The van der Waals surface area contributed by atoms with Crippen LogP contribution in [0, 0.1) is 0 Å². The van der Waals surface area contributed by atoms with E-state index >= 15 is 0 Å². The van der Waals surface area contributed by atoms with Gasteiger partial charge in [0, 0.05) is 19.3 Å². The van der Waals surface area contributed by atoms with Crippen molar-refractivity contribution in [1.82, 2.24) is 0 Å². The fraction of sp³-hybridized carbons (Fsp3) is 0.761. The minimum atomic E-state index is -0.783. The number of hydrogen-bond acceptors (Lipinski definition) is 6. The van der Waals surface area contributed by atoms with Gasteiger partial charge in [0.1, 0.15) is 13.2 Å². The van der Waals surface area contributed by atoms with Crippen molar-refractivity contribution >= 4 is 17.9 Å². The van der Waals surface area contributed by atoms with E-state index in [9.17, 15) is 14.4 Å². The highest BCUT2D eigenvalue weighted by Crippen LogP contribution is 2.17. The minimum Gasteiger partial charge on any atom is -0.462 e. The van der Waals surface area contributed by atoms with E-state index in [0.717, 1.165) is 122 Å². The number of ether oxygens (including phenoxy) is 3. The fourth-order valence-electron chi connectivity index (χ4n) is 9.48. The van der Waals surface area contributed by atoms with E-state index < -0.39 is 6.10 Å². The number of rotatable bonds is 60. The minimum absolute atomic E-state index is 0.0780. The van der Waals surface area contributed by atoms with Gasteiger partial charge in [0.05, 0.1) is 0 Å². The van der Waals surface area contributed by atoms with Crippen LogP contribution in [0.2, 0.25) is 0 Å². The summed E-state index contributed by atoms with van der Waals surface area (Å²) in [4.78, 5) is 38.3. The second-order valence-electron chi connectivity index (χ2n) is 22.0. The van der Waals surface area contributed by atoms with Crippen molar-refractivity contribution in [3.63, 3.8) is 0 Å². The molecule has 6 heteroatoms. The van der Waals surface area contributed by atoms with E-state index in [4.69, 9.17) is 14.2 Å². The summed E-state index contributed by atoms with van der Waals surface area (Å²) in [5, 5.41) is 0. The molecule has 0 aromatic rings. The number of carbonyl (C=O) groups is 3. The second-order valence-corrected chi connectivity index (χ2v) is 22.0. The van der Waals surface area contributed by atoms with Crippen LogP contribution in [-0.4, -0.2) is 37.2 Å². The monoisotopic (exact) mass is 1070 g/mol. The van der Waals surface area contributed by atoms with Crippen molar-refractivity contribution in [2.24, 2.45) is 0 Å². The van der Waals surface area contributed by atoms with Crippen LogP contribution >= 0.6 is 0 Å². The molecule has 0 aromatic carbocycles. The molecule has 0 radical (unpaired) electrons. The third kappa shape index (κ3) is 63.3. The van der Waals surface area contributed by atoms with Crippen molar-refractivity contribution in [2.45, 2.75) is 335 Å². The van der Waals surface area contributed by atoms with Crippen molar-refractivity contribution in [3.8, 4) is 0 Å². The van der Waals surface area contributed by atoms with Crippen LogP contribution in [0.3, 0.4) is 0 Å². The predicted molar refractivity (Wildman–Crippen MR) is 334 cm³/mol. The van der Waals surface area contributed by atoms with E-state index in [-0.39, 0.29) is 31.1 Å². The van der Waals surface area contributed by atoms with Gasteiger partial charge in [-0.05, 0) is 77.0 Å². The van der Waals surface area contributed by atoms with Crippen LogP contribution in [0.15, 0.2) is 85.1 Å². The first-order valence-electron chi connectivity index (χ1n) is 33.1. The topological polar surface area (TPSA) is 78.9 Å². The van der Waals surface area contributed by atoms with Gasteiger partial charge in [-0.2, -0.15) is 0 Å². The molecular formula is C71H124O6. The van der Waals surface area contributed by atoms with Gasteiger partial charge in [0.25, 0.3) is 0 Å². The molecule has 1 atom stereocenters. The molecule has 444 valence electrons. The molecule has 77 heavy (non-hydrogen) atoms. The Hall–Kier alpha value is -3.41. The van der Waals surface area contributed by atoms with Gasteiger partial charge in [-0.3, -0.25) is 14.4 Å². The summed E-state index contributed by atoms with van der Waals surface area (Å²) in [6.45, 7) is 6.55. The zero-order valence-corrected chi connectivity index (χ0v) is 51.0. The Labute approximate surface area is 477 Å². The highest BCUT2D eigenvalue weighted by molar-refractivity contribution is 5.71. The Kier molecular flexibility index (Phi) is 62.2. The Morgan fingerprint density at radius 2 is 0.506 bits per heavy atom. The Morgan fingerprint density at radius 3 is 0.792 bits per heavy atom. The number of hydrogen-bond donors (Lipinski definition) is 0. The van der Waals surface area contributed by atoms with Crippen LogP contribution < -0.4 is 0 Å². The molecule has 0 saturated carbocycles. The van der Waals surface area contributed by atoms with Crippen LogP contribution in [0.1, 0.15) is 329 Å². The average molecular weight is 1070 g/mol. The molecule has 1 unspecified atom stereocenters. The van der Waals surface area contributed by atoms with Crippen molar-refractivity contribution in [2.75, 3.05) is 13.2 Å². The fourth-order valence-corrected chi connectivity index (χ4v) is 9.48. The highest BCUT2D eigenvalue weighted by atomic mass is 16.6. The maximum atomic E-state index is 12.9. The first-order valence-corrected chi connectivity index (χ1v) is 33.1. The lowest BCUT2D eigenvalue weighted by atomic mass is 10.0. The molecule has 0 aliphatic heterocycles. The number of carbonyl (C=O) groups excluding carboxylic acids is 3. The van der Waals surface area contributed by atoms with Gasteiger partial charge >= 0.3 is 17.9 Å². The first kappa shape index (κ1) is 73.6. The van der Waals surface area contributed by atoms with Crippen molar-refractivity contribution < 1.29 is 28.6 Å². The largest absolute Gasteiger partial charge is 0.462 e. The van der Waals surface area contributed by atoms with Gasteiger partial charge in [-0.25, -0.2) is 0 Å². The molecule has 0 aliphatic carbocycles.